The molecule has 1 aromatic heterocycles. The summed E-state index contributed by atoms with van der Waals surface area (Å²) in [6, 6.07) is 12.6. The third-order valence-corrected chi connectivity index (χ3v) is 3.96. The predicted octanol–water partition coefficient (Wildman–Crippen LogP) is 2.85. The van der Waals surface area contributed by atoms with E-state index in [1.807, 2.05) is 44.4 Å². The average molecular weight is 471 g/mol. The SMILES string of the molecule is CN=C(NCCc1ccccn1)NCC(c1ccc(F)cc1)N(C)C.I. The Bertz CT molecular complexity index is 661. The molecule has 2 N–H and O–H groups in total. The van der Waals surface area contributed by atoms with Gasteiger partial charge >= 0.3 is 0 Å². The normalized spacial score (nSPS) is 12.4. The summed E-state index contributed by atoms with van der Waals surface area (Å²) in [4.78, 5) is 10.7. The standard InChI is InChI=1S/C19H26FN5.HI/c1-21-19(23-13-11-17-6-4-5-12-22-17)24-14-18(25(2)3)15-7-9-16(20)10-8-15;/h4-10,12,18H,11,13-14H2,1-3H3,(H2,21,23,24);1H. The van der Waals surface area contributed by atoms with Crippen molar-refractivity contribution in [1.29, 1.82) is 0 Å². The van der Waals surface area contributed by atoms with E-state index in [-0.39, 0.29) is 35.8 Å². The minimum atomic E-state index is -0.221. The van der Waals surface area contributed by atoms with Gasteiger partial charge in [0.15, 0.2) is 5.96 Å². The molecule has 1 aromatic carbocycles. The van der Waals surface area contributed by atoms with Crippen LogP contribution in [-0.2, 0) is 6.42 Å². The molecule has 0 fully saturated rings. The van der Waals surface area contributed by atoms with Crippen LogP contribution < -0.4 is 10.6 Å². The molecule has 0 amide bonds. The molecule has 0 spiro atoms. The summed E-state index contributed by atoms with van der Waals surface area (Å²) in [7, 11) is 5.76. The van der Waals surface area contributed by atoms with Crippen LogP contribution in [0.3, 0.4) is 0 Å². The lowest BCUT2D eigenvalue weighted by Gasteiger charge is -2.26. The van der Waals surface area contributed by atoms with Crippen molar-refractivity contribution in [2.45, 2.75) is 12.5 Å². The topological polar surface area (TPSA) is 52.6 Å². The Morgan fingerprint density at radius 1 is 1.15 bits per heavy atom. The molecule has 0 saturated carbocycles. The van der Waals surface area contributed by atoms with Crippen LogP contribution in [0.25, 0.3) is 0 Å². The molecule has 1 heterocycles. The van der Waals surface area contributed by atoms with Gasteiger partial charge in [0, 0.05) is 38.4 Å². The number of hydrogen-bond acceptors (Lipinski definition) is 3. The van der Waals surface area contributed by atoms with Crippen molar-refractivity contribution in [3.05, 3.63) is 65.7 Å². The molecular formula is C19H27FIN5. The quantitative estimate of drug-likeness (QED) is 0.371. The van der Waals surface area contributed by atoms with Crippen LogP contribution in [0.4, 0.5) is 4.39 Å². The number of halogens is 2. The molecule has 5 nitrogen and oxygen atoms in total. The number of likely N-dealkylation sites (N-methyl/N-ethyl adjacent to an activating group) is 1. The second-order valence-electron chi connectivity index (χ2n) is 5.98. The molecule has 0 aliphatic rings. The number of aliphatic imine (C=N–C) groups is 1. The highest BCUT2D eigenvalue weighted by Gasteiger charge is 2.14. The molecular weight excluding hydrogens is 444 g/mol. The average Bonchev–Trinajstić information content (AvgIpc) is 2.62. The zero-order valence-corrected chi connectivity index (χ0v) is 17.8. The molecule has 0 saturated heterocycles. The van der Waals surface area contributed by atoms with Gasteiger partial charge in [-0.15, -0.1) is 24.0 Å². The lowest BCUT2D eigenvalue weighted by molar-refractivity contribution is 0.298. The maximum Gasteiger partial charge on any atom is 0.191 e. The van der Waals surface area contributed by atoms with Gasteiger partial charge in [-0.05, 0) is 43.9 Å². The van der Waals surface area contributed by atoms with Crippen molar-refractivity contribution in [3.8, 4) is 0 Å². The number of nitrogens with one attached hydrogen (secondary N) is 2. The maximum atomic E-state index is 13.1. The number of hydrogen-bond donors (Lipinski definition) is 2. The molecule has 142 valence electrons. The third-order valence-electron chi connectivity index (χ3n) is 3.96. The van der Waals surface area contributed by atoms with E-state index in [9.17, 15) is 4.39 Å². The van der Waals surface area contributed by atoms with E-state index >= 15 is 0 Å². The van der Waals surface area contributed by atoms with Crippen molar-refractivity contribution >= 4 is 29.9 Å². The van der Waals surface area contributed by atoms with Crippen LogP contribution in [0.5, 0.6) is 0 Å². The van der Waals surface area contributed by atoms with Crippen molar-refractivity contribution in [1.82, 2.24) is 20.5 Å². The van der Waals surface area contributed by atoms with Crippen molar-refractivity contribution in [2.24, 2.45) is 4.99 Å². The summed E-state index contributed by atoms with van der Waals surface area (Å²) in [5, 5.41) is 6.63. The van der Waals surface area contributed by atoms with Crippen molar-refractivity contribution < 1.29 is 4.39 Å². The Balaban J connectivity index is 0.00000338. The largest absolute Gasteiger partial charge is 0.356 e. The first-order valence-corrected chi connectivity index (χ1v) is 8.36. The molecule has 0 aliphatic heterocycles. The fraction of sp³-hybridized carbons (Fsp3) is 0.368. The lowest BCUT2D eigenvalue weighted by Crippen LogP contribution is -2.42. The summed E-state index contributed by atoms with van der Waals surface area (Å²) in [6.07, 6.45) is 2.63. The molecule has 0 bridgehead atoms. The zero-order chi connectivity index (χ0) is 18.1. The van der Waals surface area contributed by atoms with Crippen LogP contribution in [0.2, 0.25) is 0 Å². The summed E-state index contributed by atoms with van der Waals surface area (Å²) >= 11 is 0. The number of rotatable bonds is 7. The summed E-state index contributed by atoms with van der Waals surface area (Å²) in [5.74, 6) is 0.520. The Labute approximate surface area is 172 Å². The monoisotopic (exact) mass is 471 g/mol. The molecule has 0 aliphatic carbocycles. The van der Waals surface area contributed by atoms with Gasteiger partial charge in [-0.25, -0.2) is 4.39 Å². The molecule has 1 unspecified atom stereocenters. The van der Waals surface area contributed by atoms with Gasteiger partial charge in [0.2, 0.25) is 0 Å². The van der Waals surface area contributed by atoms with E-state index in [2.05, 4.69) is 25.5 Å². The van der Waals surface area contributed by atoms with Crippen LogP contribution in [0, 0.1) is 5.82 Å². The van der Waals surface area contributed by atoms with E-state index < -0.39 is 0 Å². The summed E-state index contributed by atoms with van der Waals surface area (Å²) in [5.41, 5.74) is 2.10. The highest BCUT2D eigenvalue weighted by molar-refractivity contribution is 14.0. The first-order valence-electron chi connectivity index (χ1n) is 8.36. The molecule has 1 atom stereocenters. The van der Waals surface area contributed by atoms with Crippen LogP contribution in [-0.4, -0.2) is 50.1 Å². The zero-order valence-electron chi connectivity index (χ0n) is 15.4. The van der Waals surface area contributed by atoms with Gasteiger partial charge in [0.25, 0.3) is 0 Å². The highest BCUT2D eigenvalue weighted by atomic mass is 127. The first kappa shape index (κ1) is 22.3. The van der Waals surface area contributed by atoms with Crippen LogP contribution in [0.1, 0.15) is 17.3 Å². The summed E-state index contributed by atoms with van der Waals surface area (Å²) < 4.78 is 13.1. The van der Waals surface area contributed by atoms with Gasteiger partial charge in [0.1, 0.15) is 5.82 Å². The van der Waals surface area contributed by atoms with Crippen LogP contribution >= 0.6 is 24.0 Å². The third kappa shape index (κ3) is 7.25. The van der Waals surface area contributed by atoms with E-state index in [0.717, 1.165) is 30.2 Å². The van der Waals surface area contributed by atoms with E-state index in [4.69, 9.17) is 0 Å². The second-order valence-corrected chi connectivity index (χ2v) is 5.98. The van der Waals surface area contributed by atoms with Gasteiger partial charge in [-0.1, -0.05) is 18.2 Å². The van der Waals surface area contributed by atoms with Crippen LogP contribution in [0.15, 0.2) is 53.7 Å². The molecule has 2 aromatic rings. The number of nitrogens with zero attached hydrogens (tertiary/aromatic N) is 3. The Kier molecular flexibility index (Phi) is 10.1. The van der Waals surface area contributed by atoms with Gasteiger partial charge in [0.05, 0.1) is 6.04 Å². The van der Waals surface area contributed by atoms with Crippen molar-refractivity contribution in [2.75, 3.05) is 34.2 Å². The van der Waals surface area contributed by atoms with Crippen molar-refractivity contribution in [3.63, 3.8) is 0 Å². The fourth-order valence-electron chi connectivity index (χ4n) is 2.55. The first-order chi connectivity index (χ1) is 12.1. The predicted molar refractivity (Wildman–Crippen MR) is 116 cm³/mol. The Morgan fingerprint density at radius 2 is 1.88 bits per heavy atom. The number of aromatic nitrogens is 1. The molecule has 2 rings (SSSR count). The highest BCUT2D eigenvalue weighted by Crippen LogP contribution is 2.17. The van der Waals surface area contributed by atoms with E-state index in [1.165, 1.54) is 12.1 Å². The lowest BCUT2D eigenvalue weighted by atomic mass is 10.1. The van der Waals surface area contributed by atoms with Gasteiger partial charge in [-0.3, -0.25) is 9.98 Å². The smallest absolute Gasteiger partial charge is 0.191 e. The minimum absolute atomic E-state index is 0. The second kappa shape index (κ2) is 11.8. The Morgan fingerprint density at radius 3 is 2.46 bits per heavy atom. The summed E-state index contributed by atoms with van der Waals surface area (Å²) in [6.45, 7) is 1.42. The number of pyridine rings is 1. The maximum absolute atomic E-state index is 13.1. The Hall–Kier alpha value is -1.74. The molecule has 0 radical (unpaired) electrons. The van der Waals surface area contributed by atoms with E-state index in [0.29, 0.717) is 6.54 Å². The number of benzene rings is 1. The molecule has 26 heavy (non-hydrogen) atoms. The molecule has 7 heteroatoms. The van der Waals surface area contributed by atoms with E-state index in [1.54, 1.807) is 13.2 Å². The van der Waals surface area contributed by atoms with Gasteiger partial charge in [-0.2, -0.15) is 0 Å². The minimum Gasteiger partial charge on any atom is -0.356 e. The number of guanidine groups is 1. The fourth-order valence-corrected chi connectivity index (χ4v) is 2.55. The van der Waals surface area contributed by atoms with Gasteiger partial charge < -0.3 is 15.5 Å².